The number of carbonyl (C=O) groups excluding carboxylic acids is 1. The molecule has 0 aliphatic carbocycles. The van der Waals surface area contributed by atoms with Crippen LogP contribution in [-0.2, 0) is 0 Å². The van der Waals surface area contributed by atoms with Crippen LogP contribution in [0.2, 0.25) is 0 Å². The van der Waals surface area contributed by atoms with Crippen molar-refractivity contribution < 1.29 is 13.6 Å². The number of alkyl halides is 2. The van der Waals surface area contributed by atoms with Crippen molar-refractivity contribution in [2.75, 3.05) is 25.0 Å². The van der Waals surface area contributed by atoms with E-state index in [0.29, 0.717) is 24.9 Å². The normalized spacial score (nSPS) is 10.6. The van der Waals surface area contributed by atoms with E-state index in [9.17, 15) is 13.6 Å². The minimum atomic E-state index is -2.55. The lowest BCUT2D eigenvalue weighted by molar-refractivity contribution is 0.0952. The molecule has 23 heavy (non-hydrogen) atoms. The molecule has 0 saturated heterocycles. The van der Waals surface area contributed by atoms with Gasteiger partial charge in [0.1, 0.15) is 0 Å². The summed E-state index contributed by atoms with van der Waals surface area (Å²) in [4.78, 5) is 14.5. The smallest absolute Gasteiger partial charge is 0.288 e. The Morgan fingerprint density at radius 3 is 2.48 bits per heavy atom. The van der Waals surface area contributed by atoms with E-state index < -0.39 is 5.76 Å². The van der Waals surface area contributed by atoms with Crippen molar-refractivity contribution >= 4 is 23.4 Å². The number of nitrogens with one attached hydrogen (secondary N) is 1. The summed E-state index contributed by atoms with van der Waals surface area (Å²) < 4.78 is 25.1. The van der Waals surface area contributed by atoms with Crippen LogP contribution in [0.5, 0.6) is 0 Å². The fourth-order valence-electron chi connectivity index (χ4n) is 2.10. The molecule has 0 aliphatic heterocycles. The van der Waals surface area contributed by atoms with Gasteiger partial charge in [0.15, 0.2) is 0 Å². The number of thioether (sulfide) groups is 1. The van der Waals surface area contributed by atoms with E-state index >= 15 is 0 Å². The van der Waals surface area contributed by atoms with Crippen molar-refractivity contribution in [2.24, 2.45) is 0 Å². The Morgan fingerprint density at radius 1 is 1.13 bits per heavy atom. The number of benzene rings is 2. The third-order valence-corrected chi connectivity index (χ3v) is 4.07. The van der Waals surface area contributed by atoms with Crippen LogP contribution >= 0.6 is 11.8 Å². The summed E-state index contributed by atoms with van der Waals surface area (Å²) in [6, 6.07) is 16.2. The molecule has 2 aromatic rings. The molecule has 0 spiro atoms. The molecule has 1 amide bonds. The predicted molar refractivity (Wildman–Crippen MR) is 90.3 cm³/mol. The van der Waals surface area contributed by atoms with Crippen molar-refractivity contribution in [3.8, 4) is 0 Å². The second-order valence-electron chi connectivity index (χ2n) is 4.89. The maximum Gasteiger partial charge on any atom is 0.288 e. The zero-order valence-electron chi connectivity index (χ0n) is 12.7. The molecule has 0 bridgehead atoms. The van der Waals surface area contributed by atoms with Crippen LogP contribution in [0, 0.1) is 0 Å². The number of hydrogen-bond donors (Lipinski definition) is 1. The average molecular weight is 336 g/mol. The minimum Gasteiger partial charge on any atom is -0.373 e. The SMILES string of the molecule is CN(CCNC(=O)c1ccccc1SC(F)F)c1ccccc1. The van der Waals surface area contributed by atoms with Crippen molar-refractivity contribution in [3.05, 3.63) is 60.2 Å². The second-order valence-corrected chi connectivity index (χ2v) is 5.92. The number of amides is 1. The summed E-state index contributed by atoms with van der Waals surface area (Å²) in [5.41, 5.74) is 1.33. The van der Waals surface area contributed by atoms with Crippen LogP contribution in [0.4, 0.5) is 14.5 Å². The number of hydrogen-bond acceptors (Lipinski definition) is 3. The lowest BCUT2D eigenvalue weighted by Crippen LogP contribution is -2.33. The van der Waals surface area contributed by atoms with E-state index in [4.69, 9.17) is 0 Å². The topological polar surface area (TPSA) is 32.3 Å². The Bertz CT molecular complexity index is 638. The predicted octanol–water partition coefficient (Wildman–Crippen LogP) is 3.87. The van der Waals surface area contributed by atoms with Gasteiger partial charge < -0.3 is 10.2 Å². The zero-order valence-corrected chi connectivity index (χ0v) is 13.5. The first-order valence-corrected chi connectivity index (χ1v) is 8.04. The molecule has 0 aliphatic rings. The highest BCUT2D eigenvalue weighted by Gasteiger charge is 2.14. The highest BCUT2D eigenvalue weighted by Crippen LogP contribution is 2.28. The maximum absolute atomic E-state index is 12.5. The van der Waals surface area contributed by atoms with Gasteiger partial charge in [0, 0.05) is 30.7 Å². The van der Waals surface area contributed by atoms with E-state index in [1.54, 1.807) is 18.2 Å². The summed E-state index contributed by atoms with van der Waals surface area (Å²) in [5, 5.41) is 2.77. The average Bonchev–Trinajstić information content (AvgIpc) is 2.55. The van der Waals surface area contributed by atoms with E-state index in [1.807, 2.05) is 42.3 Å². The maximum atomic E-state index is 12.5. The van der Waals surface area contributed by atoms with Gasteiger partial charge in [0.05, 0.1) is 5.56 Å². The van der Waals surface area contributed by atoms with Crippen LogP contribution in [0.15, 0.2) is 59.5 Å². The van der Waals surface area contributed by atoms with Gasteiger partial charge in [-0.05, 0) is 24.3 Å². The molecule has 6 heteroatoms. The van der Waals surface area contributed by atoms with E-state index in [1.165, 1.54) is 6.07 Å². The van der Waals surface area contributed by atoms with Crippen molar-refractivity contribution in [1.29, 1.82) is 0 Å². The largest absolute Gasteiger partial charge is 0.373 e. The summed E-state index contributed by atoms with van der Waals surface area (Å²) in [5.74, 6) is -2.89. The van der Waals surface area contributed by atoms with Gasteiger partial charge in [0.2, 0.25) is 0 Å². The first kappa shape index (κ1) is 17.3. The minimum absolute atomic E-state index is 0.278. The summed E-state index contributed by atoms with van der Waals surface area (Å²) >= 11 is 0.385. The monoisotopic (exact) mass is 336 g/mol. The first-order chi connectivity index (χ1) is 11.1. The number of carbonyl (C=O) groups is 1. The number of nitrogens with zero attached hydrogens (tertiary/aromatic N) is 1. The molecular formula is C17H18F2N2OS. The quantitative estimate of drug-likeness (QED) is 0.779. The van der Waals surface area contributed by atoms with Crippen molar-refractivity contribution in [3.63, 3.8) is 0 Å². The van der Waals surface area contributed by atoms with Gasteiger partial charge in [-0.2, -0.15) is 8.78 Å². The van der Waals surface area contributed by atoms with Crippen molar-refractivity contribution in [2.45, 2.75) is 10.7 Å². The van der Waals surface area contributed by atoms with E-state index in [-0.39, 0.29) is 16.4 Å². The highest BCUT2D eigenvalue weighted by atomic mass is 32.2. The highest BCUT2D eigenvalue weighted by molar-refractivity contribution is 7.99. The molecule has 2 aromatic carbocycles. The summed E-state index contributed by atoms with van der Waals surface area (Å²) in [7, 11) is 1.93. The van der Waals surface area contributed by atoms with Crippen molar-refractivity contribution in [1.82, 2.24) is 5.32 Å². The van der Waals surface area contributed by atoms with Crippen LogP contribution in [0.3, 0.4) is 0 Å². The fraction of sp³-hybridized carbons (Fsp3) is 0.235. The molecule has 0 fully saturated rings. The lowest BCUT2D eigenvalue weighted by atomic mass is 10.2. The number of para-hydroxylation sites is 1. The van der Waals surface area contributed by atoms with Crippen LogP contribution < -0.4 is 10.2 Å². The van der Waals surface area contributed by atoms with Gasteiger partial charge in [-0.25, -0.2) is 0 Å². The number of likely N-dealkylation sites (N-methyl/N-ethyl adjacent to an activating group) is 1. The van der Waals surface area contributed by atoms with Gasteiger partial charge in [-0.1, -0.05) is 42.1 Å². The van der Waals surface area contributed by atoms with Gasteiger partial charge >= 0.3 is 0 Å². The molecule has 0 atom stereocenters. The summed E-state index contributed by atoms with van der Waals surface area (Å²) in [6.45, 7) is 1.05. The molecule has 0 heterocycles. The molecule has 0 unspecified atom stereocenters. The van der Waals surface area contributed by atoms with E-state index in [0.717, 1.165) is 5.69 Å². The van der Waals surface area contributed by atoms with E-state index in [2.05, 4.69) is 5.32 Å². The van der Waals surface area contributed by atoms with Crippen LogP contribution in [0.25, 0.3) is 0 Å². The molecule has 0 aromatic heterocycles. The molecule has 3 nitrogen and oxygen atoms in total. The molecule has 0 saturated carbocycles. The standard InChI is InChI=1S/C17H18F2N2OS/c1-21(13-7-3-2-4-8-13)12-11-20-16(22)14-9-5-6-10-15(14)23-17(18)19/h2-10,17H,11-12H2,1H3,(H,20,22). The Morgan fingerprint density at radius 2 is 1.78 bits per heavy atom. The second kappa shape index (κ2) is 8.53. The number of anilines is 1. The Balaban J connectivity index is 1.90. The number of halogens is 2. The Kier molecular flexibility index (Phi) is 6.40. The molecule has 2 rings (SSSR count). The molecule has 1 N–H and O–H groups in total. The third-order valence-electron chi connectivity index (χ3n) is 3.28. The third kappa shape index (κ3) is 5.25. The Labute approximate surface area is 138 Å². The zero-order chi connectivity index (χ0) is 16.7. The van der Waals surface area contributed by atoms with Crippen LogP contribution in [-0.4, -0.2) is 31.8 Å². The van der Waals surface area contributed by atoms with Gasteiger partial charge in [-0.3, -0.25) is 4.79 Å². The Hall–Kier alpha value is -2.08. The molecular weight excluding hydrogens is 318 g/mol. The first-order valence-electron chi connectivity index (χ1n) is 7.16. The summed E-state index contributed by atoms with van der Waals surface area (Å²) in [6.07, 6.45) is 0. The fourth-order valence-corrected chi connectivity index (χ4v) is 2.73. The van der Waals surface area contributed by atoms with Gasteiger partial charge in [0.25, 0.3) is 11.7 Å². The molecule has 0 radical (unpaired) electrons. The number of rotatable bonds is 7. The lowest BCUT2D eigenvalue weighted by Gasteiger charge is -2.19. The van der Waals surface area contributed by atoms with Gasteiger partial charge in [-0.15, -0.1) is 0 Å². The molecule has 122 valence electrons. The van der Waals surface area contributed by atoms with Crippen LogP contribution in [0.1, 0.15) is 10.4 Å².